The maximum Gasteiger partial charge on any atom is 0.160 e. The molecular formula is C54H36N2S. The monoisotopic (exact) mass is 744 g/mol. The molecule has 0 spiro atoms. The molecule has 1 atom stereocenters. The van der Waals surface area contributed by atoms with Gasteiger partial charge in [0.1, 0.15) is 0 Å². The summed E-state index contributed by atoms with van der Waals surface area (Å²) in [6.45, 7) is 2.37. The fraction of sp³-hybridized carbons (Fsp3) is 0.0370. The van der Waals surface area contributed by atoms with Crippen molar-refractivity contribution >= 4 is 31.5 Å². The van der Waals surface area contributed by atoms with Crippen LogP contribution in [-0.2, 0) is 5.41 Å². The molecule has 2 aromatic heterocycles. The largest absolute Gasteiger partial charge is 0.228 e. The van der Waals surface area contributed by atoms with Gasteiger partial charge in [-0.2, -0.15) is 0 Å². The molecule has 0 radical (unpaired) electrons. The summed E-state index contributed by atoms with van der Waals surface area (Å²) >= 11 is 1.85. The van der Waals surface area contributed by atoms with E-state index in [9.17, 15) is 0 Å². The molecule has 11 rings (SSSR count). The summed E-state index contributed by atoms with van der Waals surface area (Å²) in [6, 6.07) is 72.3. The highest BCUT2D eigenvalue weighted by Gasteiger charge is 2.40. The zero-order valence-electron chi connectivity index (χ0n) is 31.4. The van der Waals surface area contributed by atoms with E-state index in [1.165, 1.54) is 59.1 Å². The van der Waals surface area contributed by atoms with Crippen LogP contribution in [0.3, 0.4) is 0 Å². The van der Waals surface area contributed by atoms with Gasteiger partial charge in [0.25, 0.3) is 0 Å². The first-order valence-corrected chi connectivity index (χ1v) is 20.3. The van der Waals surface area contributed by atoms with Crippen LogP contribution in [-0.4, -0.2) is 9.97 Å². The van der Waals surface area contributed by atoms with E-state index in [2.05, 4.69) is 189 Å². The van der Waals surface area contributed by atoms with Crippen molar-refractivity contribution in [2.24, 2.45) is 0 Å². The predicted octanol–water partition coefficient (Wildman–Crippen LogP) is 14.5. The number of fused-ring (bicyclic) bond motifs is 6. The molecule has 0 aliphatic heterocycles. The van der Waals surface area contributed by atoms with E-state index in [0.717, 1.165) is 39.2 Å². The first-order valence-electron chi connectivity index (χ1n) is 19.5. The summed E-state index contributed by atoms with van der Waals surface area (Å²) in [5, 5.41) is 2.62. The summed E-state index contributed by atoms with van der Waals surface area (Å²) in [5.74, 6) is 0.708. The van der Waals surface area contributed by atoms with Crippen molar-refractivity contribution in [3.05, 3.63) is 217 Å². The van der Waals surface area contributed by atoms with Gasteiger partial charge in [-0.3, -0.25) is 0 Å². The summed E-state index contributed by atoms with van der Waals surface area (Å²) in [5.41, 5.74) is 15.9. The second-order valence-corrected chi connectivity index (χ2v) is 16.2. The van der Waals surface area contributed by atoms with Gasteiger partial charge in [0.05, 0.1) is 11.4 Å². The van der Waals surface area contributed by atoms with E-state index < -0.39 is 0 Å². The minimum atomic E-state index is -0.259. The molecule has 1 unspecified atom stereocenters. The molecule has 57 heavy (non-hydrogen) atoms. The number of thiophene rings is 1. The van der Waals surface area contributed by atoms with Crippen molar-refractivity contribution < 1.29 is 0 Å². The van der Waals surface area contributed by atoms with Crippen molar-refractivity contribution in [1.82, 2.24) is 9.97 Å². The number of nitrogens with zero attached hydrogens (tertiary/aromatic N) is 2. The second kappa shape index (κ2) is 13.4. The van der Waals surface area contributed by atoms with Gasteiger partial charge in [-0.25, -0.2) is 9.97 Å². The summed E-state index contributed by atoms with van der Waals surface area (Å²) in [6.07, 6.45) is 0. The van der Waals surface area contributed by atoms with E-state index in [-0.39, 0.29) is 5.41 Å². The first-order chi connectivity index (χ1) is 28.1. The molecule has 0 fully saturated rings. The van der Waals surface area contributed by atoms with Crippen molar-refractivity contribution in [1.29, 1.82) is 0 Å². The Hall–Kier alpha value is -6.94. The fourth-order valence-corrected chi connectivity index (χ4v) is 9.98. The van der Waals surface area contributed by atoms with Gasteiger partial charge in [-0.1, -0.05) is 164 Å². The molecule has 2 heterocycles. The molecule has 3 heteroatoms. The van der Waals surface area contributed by atoms with Crippen LogP contribution < -0.4 is 0 Å². The fourth-order valence-electron chi connectivity index (χ4n) is 8.83. The lowest BCUT2D eigenvalue weighted by Crippen LogP contribution is -2.22. The smallest absolute Gasteiger partial charge is 0.160 e. The van der Waals surface area contributed by atoms with Gasteiger partial charge in [0, 0.05) is 42.3 Å². The number of aromatic nitrogens is 2. The van der Waals surface area contributed by atoms with Gasteiger partial charge < -0.3 is 0 Å². The molecule has 0 amide bonds. The minimum Gasteiger partial charge on any atom is -0.228 e. The van der Waals surface area contributed by atoms with Crippen LogP contribution in [0.2, 0.25) is 0 Å². The molecule has 0 saturated heterocycles. The highest BCUT2D eigenvalue weighted by atomic mass is 32.1. The molecule has 1 aliphatic rings. The number of hydrogen-bond acceptors (Lipinski definition) is 3. The normalized spacial score (nSPS) is 14.5. The zero-order valence-corrected chi connectivity index (χ0v) is 32.2. The number of benzene rings is 8. The highest BCUT2D eigenvalue weighted by Crippen LogP contribution is 2.53. The van der Waals surface area contributed by atoms with Gasteiger partial charge in [0.2, 0.25) is 0 Å². The Bertz CT molecular complexity index is 3140. The van der Waals surface area contributed by atoms with Crippen LogP contribution in [0, 0.1) is 0 Å². The lowest BCUT2D eigenvalue weighted by Gasteiger charge is -2.28. The van der Waals surface area contributed by atoms with Crippen LogP contribution in [0.15, 0.2) is 200 Å². The molecule has 1 aliphatic carbocycles. The minimum absolute atomic E-state index is 0.259. The Morgan fingerprint density at radius 3 is 1.67 bits per heavy atom. The summed E-state index contributed by atoms with van der Waals surface area (Å²) in [4.78, 5) is 10.4. The standard InChI is InChI=1S/C54H36N2S/c1-54(42-20-6-3-7-21-42)47-24-10-8-22-43(47)44-28-26-38(32-48(44)54)36-16-12-18-40(30-36)49-34-50(56-53(55-49)35-14-4-2-5-15-35)41-19-13-17-37(31-41)39-27-29-46-45-23-9-11-25-51(45)57-52(46)33-39/h2-34H,1H3. The van der Waals surface area contributed by atoms with Crippen LogP contribution in [0.4, 0.5) is 0 Å². The Kier molecular flexibility index (Phi) is 7.84. The van der Waals surface area contributed by atoms with E-state index in [0.29, 0.717) is 5.82 Å². The lowest BCUT2D eigenvalue weighted by atomic mass is 9.74. The average Bonchev–Trinajstić information content (AvgIpc) is 3.79. The van der Waals surface area contributed by atoms with Gasteiger partial charge in [0.15, 0.2) is 5.82 Å². The Balaban J connectivity index is 1.01. The summed E-state index contributed by atoms with van der Waals surface area (Å²) < 4.78 is 2.61. The van der Waals surface area contributed by atoms with Crippen molar-refractivity contribution in [3.8, 4) is 67.3 Å². The van der Waals surface area contributed by atoms with Gasteiger partial charge in [-0.05, 0) is 93.4 Å². The maximum absolute atomic E-state index is 5.21. The van der Waals surface area contributed by atoms with Crippen molar-refractivity contribution in [2.45, 2.75) is 12.3 Å². The van der Waals surface area contributed by atoms with E-state index in [1.807, 2.05) is 29.5 Å². The van der Waals surface area contributed by atoms with E-state index in [1.54, 1.807) is 0 Å². The number of hydrogen-bond donors (Lipinski definition) is 0. The Labute approximate surface area is 336 Å². The molecule has 268 valence electrons. The van der Waals surface area contributed by atoms with Crippen LogP contribution >= 0.6 is 11.3 Å². The molecule has 8 aromatic carbocycles. The molecule has 10 aromatic rings. The molecular weight excluding hydrogens is 709 g/mol. The second-order valence-electron chi connectivity index (χ2n) is 15.1. The molecule has 0 bridgehead atoms. The molecule has 0 N–H and O–H groups in total. The zero-order chi connectivity index (χ0) is 37.9. The average molecular weight is 745 g/mol. The molecule has 0 saturated carbocycles. The van der Waals surface area contributed by atoms with Crippen LogP contribution in [0.1, 0.15) is 23.6 Å². The third kappa shape index (κ3) is 5.62. The van der Waals surface area contributed by atoms with E-state index >= 15 is 0 Å². The van der Waals surface area contributed by atoms with Crippen molar-refractivity contribution in [2.75, 3.05) is 0 Å². The van der Waals surface area contributed by atoms with Gasteiger partial charge in [-0.15, -0.1) is 11.3 Å². The summed E-state index contributed by atoms with van der Waals surface area (Å²) in [7, 11) is 0. The van der Waals surface area contributed by atoms with Crippen molar-refractivity contribution in [3.63, 3.8) is 0 Å². The first kappa shape index (κ1) is 33.4. The van der Waals surface area contributed by atoms with Gasteiger partial charge >= 0.3 is 0 Å². The third-order valence-electron chi connectivity index (χ3n) is 11.8. The van der Waals surface area contributed by atoms with Crippen LogP contribution in [0.5, 0.6) is 0 Å². The molecule has 2 nitrogen and oxygen atoms in total. The Morgan fingerprint density at radius 2 is 0.912 bits per heavy atom. The highest BCUT2D eigenvalue weighted by molar-refractivity contribution is 7.25. The maximum atomic E-state index is 5.21. The predicted molar refractivity (Wildman–Crippen MR) is 240 cm³/mol. The lowest BCUT2D eigenvalue weighted by molar-refractivity contribution is 0.714. The Morgan fingerprint density at radius 1 is 0.368 bits per heavy atom. The SMILES string of the molecule is CC1(c2ccccc2)c2ccccc2-c2ccc(-c3cccc(-c4cc(-c5cccc(-c6ccc7c(c6)sc6ccccc67)c5)nc(-c5ccccc5)n4)c3)cc21. The van der Waals surface area contributed by atoms with E-state index in [4.69, 9.17) is 9.97 Å². The third-order valence-corrected chi connectivity index (χ3v) is 12.9. The topological polar surface area (TPSA) is 25.8 Å². The quantitative estimate of drug-likeness (QED) is 0.169. The van der Waals surface area contributed by atoms with Crippen LogP contribution in [0.25, 0.3) is 87.5 Å². The number of rotatable bonds is 6.